The van der Waals surface area contributed by atoms with Gasteiger partial charge < -0.3 is 5.11 Å². The molecule has 0 saturated heterocycles. The molecule has 0 amide bonds. The van der Waals surface area contributed by atoms with E-state index in [4.69, 9.17) is 9.94 Å². The molecule has 0 aromatic rings. The molecule has 0 aliphatic rings. The van der Waals surface area contributed by atoms with Crippen molar-refractivity contribution in [2.45, 2.75) is 6.92 Å². The van der Waals surface area contributed by atoms with Gasteiger partial charge >= 0.3 is 0 Å². The molecule has 0 spiro atoms. The Morgan fingerprint density at radius 1 is 1.80 bits per heavy atom. The van der Waals surface area contributed by atoms with Crippen LogP contribution in [-0.2, 0) is 4.84 Å². The van der Waals surface area contributed by atoms with Gasteiger partial charge in [0.15, 0.2) is 0 Å². The van der Waals surface area contributed by atoms with Gasteiger partial charge in [-0.3, -0.25) is 4.84 Å². The lowest BCUT2D eigenvalue weighted by atomic mass is 10.2. The molecule has 1 atom stereocenters. The van der Waals surface area contributed by atoms with Crippen molar-refractivity contribution in [3.05, 3.63) is 12.7 Å². The summed E-state index contributed by atoms with van der Waals surface area (Å²) in [5.74, 6) is 0.241. The van der Waals surface area contributed by atoms with Gasteiger partial charge in [-0.05, 0) is 5.92 Å². The van der Waals surface area contributed by atoms with Gasteiger partial charge in [-0.1, -0.05) is 13.0 Å². The summed E-state index contributed by atoms with van der Waals surface area (Å²) < 4.78 is 0. The summed E-state index contributed by atoms with van der Waals surface area (Å²) in [6.07, 6.45) is 1.66. The predicted molar refractivity (Wildman–Crippen MR) is 40.4 cm³/mol. The van der Waals surface area contributed by atoms with E-state index < -0.39 is 0 Å². The van der Waals surface area contributed by atoms with Gasteiger partial charge in [0, 0.05) is 13.2 Å². The zero-order chi connectivity index (χ0) is 7.82. The highest BCUT2D eigenvalue weighted by Crippen LogP contribution is 1.87. The van der Waals surface area contributed by atoms with Gasteiger partial charge in [-0.15, -0.1) is 6.58 Å². The second-order valence-corrected chi connectivity index (χ2v) is 2.24. The van der Waals surface area contributed by atoms with E-state index in [1.807, 2.05) is 6.92 Å². The Labute approximate surface area is 61.7 Å². The number of hydrogen-bond donors (Lipinski definition) is 2. The van der Waals surface area contributed by atoms with Gasteiger partial charge in [0.05, 0.1) is 6.61 Å². The molecule has 0 aromatic heterocycles. The SMILES string of the molecule is C=CCONCC(C)CO. The Kier molecular flexibility index (Phi) is 6.48. The van der Waals surface area contributed by atoms with Crippen LogP contribution in [0.4, 0.5) is 0 Å². The number of hydrogen-bond acceptors (Lipinski definition) is 3. The minimum atomic E-state index is 0.185. The third-order valence-electron chi connectivity index (χ3n) is 1.05. The highest BCUT2D eigenvalue weighted by atomic mass is 16.6. The molecular weight excluding hydrogens is 130 g/mol. The number of rotatable bonds is 6. The van der Waals surface area contributed by atoms with Crippen molar-refractivity contribution in [3.63, 3.8) is 0 Å². The normalized spacial score (nSPS) is 13.0. The van der Waals surface area contributed by atoms with Crippen LogP contribution in [0.25, 0.3) is 0 Å². The quantitative estimate of drug-likeness (QED) is 0.321. The lowest BCUT2D eigenvalue weighted by Crippen LogP contribution is -2.23. The van der Waals surface area contributed by atoms with Crippen LogP contribution in [0, 0.1) is 5.92 Å². The second kappa shape index (κ2) is 6.74. The van der Waals surface area contributed by atoms with Crippen LogP contribution >= 0.6 is 0 Å². The molecule has 0 aliphatic carbocycles. The van der Waals surface area contributed by atoms with E-state index in [-0.39, 0.29) is 12.5 Å². The third-order valence-corrected chi connectivity index (χ3v) is 1.05. The summed E-state index contributed by atoms with van der Waals surface area (Å²) in [6.45, 7) is 6.77. The Morgan fingerprint density at radius 2 is 2.50 bits per heavy atom. The number of aliphatic hydroxyl groups is 1. The molecule has 0 aromatic carbocycles. The van der Waals surface area contributed by atoms with E-state index in [0.717, 1.165) is 0 Å². The molecule has 1 unspecified atom stereocenters. The first-order chi connectivity index (χ1) is 4.81. The average molecular weight is 145 g/mol. The third kappa shape index (κ3) is 5.75. The average Bonchev–Trinajstić information content (AvgIpc) is 1.98. The topological polar surface area (TPSA) is 41.5 Å². The summed E-state index contributed by atoms with van der Waals surface area (Å²) in [5.41, 5.74) is 2.71. The summed E-state index contributed by atoms with van der Waals surface area (Å²) in [5, 5.41) is 8.58. The molecule has 10 heavy (non-hydrogen) atoms. The largest absolute Gasteiger partial charge is 0.396 e. The van der Waals surface area contributed by atoms with Crippen LogP contribution in [0.1, 0.15) is 6.92 Å². The molecule has 0 radical (unpaired) electrons. The molecule has 0 heterocycles. The zero-order valence-electron chi connectivity index (χ0n) is 6.34. The molecule has 0 fully saturated rings. The van der Waals surface area contributed by atoms with Crippen LogP contribution < -0.4 is 5.48 Å². The zero-order valence-corrected chi connectivity index (χ0v) is 6.34. The van der Waals surface area contributed by atoms with Gasteiger partial charge in [0.2, 0.25) is 0 Å². The van der Waals surface area contributed by atoms with Crippen molar-refractivity contribution >= 4 is 0 Å². The summed E-state index contributed by atoms with van der Waals surface area (Å²) >= 11 is 0. The van der Waals surface area contributed by atoms with Crippen LogP contribution in [0.15, 0.2) is 12.7 Å². The summed E-state index contributed by atoms with van der Waals surface area (Å²) in [4.78, 5) is 4.88. The van der Waals surface area contributed by atoms with Crippen molar-refractivity contribution in [3.8, 4) is 0 Å². The number of aliphatic hydroxyl groups excluding tert-OH is 1. The molecule has 3 nitrogen and oxygen atoms in total. The fourth-order valence-corrected chi connectivity index (χ4v) is 0.384. The Balaban J connectivity index is 2.95. The molecule has 60 valence electrons. The van der Waals surface area contributed by atoms with Crippen LogP contribution in [0.2, 0.25) is 0 Å². The van der Waals surface area contributed by atoms with E-state index in [1.54, 1.807) is 6.08 Å². The highest BCUT2D eigenvalue weighted by Gasteiger charge is 1.96. The lowest BCUT2D eigenvalue weighted by molar-refractivity contribution is 0.0473. The molecule has 0 bridgehead atoms. The monoisotopic (exact) mass is 145 g/mol. The predicted octanol–water partition coefficient (Wildman–Crippen LogP) is 0.322. The number of nitrogens with one attached hydrogen (secondary N) is 1. The summed E-state index contributed by atoms with van der Waals surface area (Å²) in [7, 11) is 0. The van der Waals surface area contributed by atoms with Gasteiger partial charge in [-0.2, -0.15) is 0 Å². The van der Waals surface area contributed by atoms with Gasteiger partial charge in [-0.25, -0.2) is 5.48 Å². The van der Waals surface area contributed by atoms with E-state index in [1.165, 1.54) is 0 Å². The maximum atomic E-state index is 8.58. The van der Waals surface area contributed by atoms with Crippen LogP contribution in [0.5, 0.6) is 0 Å². The Morgan fingerprint density at radius 3 is 3.00 bits per heavy atom. The van der Waals surface area contributed by atoms with Crippen molar-refractivity contribution in [2.75, 3.05) is 19.8 Å². The second-order valence-electron chi connectivity index (χ2n) is 2.24. The molecule has 3 heteroatoms. The van der Waals surface area contributed by atoms with E-state index in [0.29, 0.717) is 13.2 Å². The molecule has 0 aliphatic heterocycles. The maximum absolute atomic E-state index is 8.58. The first kappa shape index (κ1) is 9.62. The Hall–Kier alpha value is -0.380. The standard InChI is InChI=1S/C7H15NO2/c1-3-4-10-8-5-7(2)6-9/h3,7-9H,1,4-6H2,2H3. The molecule has 0 saturated carbocycles. The fraction of sp³-hybridized carbons (Fsp3) is 0.714. The van der Waals surface area contributed by atoms with Crippen molar-refractivity contribution in [1.29, 1.82) is 0 Å². The van der Waals surface area contributed by atoms with E-state index in [9.17, 15) is 0 Å². The van der Waals surface area contributed by atoms with Crippen molar-refractivity contribution < 1.29 is 9.94 Å². The first-order valence-electron chi connectivity index (χ1n) is 3.37. The van der Waals surface area contributed by atoms with Crippen LogP contribution in [-0.4, -0.2) is 24.9 Å². The van der Waals surface area contributed by atoms with Crippen molar-refractivity contribution in [1.82, 2.24) is 5.48 Å². The van der Waals surface area contributed by atoms with E-state index in [2.05, 4.69) is 12.1 Å². The fourth-order valence-electron chi connectivity index (χ4n) is 0.384. The minimum Gasteiger partial charge on any atom is -0.396 e. The highest BCUT2D eigenvalue weighted by molar-refractivity contribution is 4.63. The minimum absolute atomic E-state index is 0.185. The smallest absolute Gasteiger partial charge is 0.0861 e. The van der Waals surface area contributed by atoms with E-state index >= 15 is 0 Å². The van der Waals surface area contributed by atoms with Crippen LogP contribution in [0.3, 0.4) is 0 Å². The van der Waals surface area contributed by atoms with Gasteiger partial charge in [0.25, 0.3) is 0 Å². The maximum Gasteiger partial charge on any atom is 0.0861 e. The first-order valence-corrected chi connectivity index (χ1v) is 3.37. The lowest BCUT2D eigenvalue weighted by Gasteiger charge is -2.07. The molecule has 0 rings (SSSR count). The van der Waals surface area contributed by atoms with Gasteiger partial charge in [0.1, 0.15) is 0 Å². The summed E-state index contributed by atoms with van der Waals surface area (Å²) in [6, 6.07) is 0. The van der Waals surface area contributed by atoms with Crippen molar-refractivity contribution in [2.24, 2.45) is 5.92 Å². The molecule has 2 N–H and O–H groups in total. The number of hydroxylamine groups is 1. The molecular formula is C7H15NO2. The Bertz CT molecular complexity index is 85.7.